The van der Waals surface area contributed by atoms with Crippen LogP contribution in [0.4, 0.5) is 4.39 Å². The summed E-state index contributed by atoms with van der Waals surface area (Å²) in [6.07, 6.45) is 0. The van der Waals surface area contributed by atoms with Gasteiger partial charge in [-0.2, -0.15) is 5.26 Å². The fourth-order valence-electron chi connectivity index (χ4n) is 1.37. The molecule has 0 heterocycles. The van der Waals surface area contributed by atoms with E-state index in [2.05, 4.69) is 4.74 Å². The number of alkyl halides is 1. The molecule has 0 aliphatic carbocycles. The van der Waals surface area contributed by atoms with Crippen LogP contribution >= 0.6 is 0 Å². The average Bonchev–Trinajstić information content (AvgIpc) is 2.37. The number of benzene rings is 1. The monoisotopic (exact) mass is 272 g/mol. The molecule has 0 saturated heterocycles. The largest absolute Gasteiger partial charge is 0.461 e. The Hall–Kier alpha value is -1.65. The Kier molecular flexibility index (Phi) is 4.64. The third-order valence-electron chi connectivity index (χ3n) is 2.42. The molecule has 0 spiro atoms. The lowest BCUT2D eigenvalue weighted by Crippen LogP contribution is -2.27. The Bertz CT molecular complexity index is 566. The molecule has 0 radical (unpaired) electrons. The highest BCUT2D eigenvalue weighted by Gasteiger charge is 2.27. The van der Waals surface area contributed by atoms with Gasteiger partial charge in [0.05, 0.1) is 5.56 Å². The summed E-state index contributed by atoms with van der Waals surface area (Å²) in [5, 5.41) is 8.95. The number of sulfonamides is 1. The summed E-state index contributed by atoms with van der Waals surface area (Å²) in [5.41, 5.74) is -0.0683. The van der Waals surface area contributed by atoms with Gasteiger partial charge in [0.2, 0.25) is 16.9 Å². The number of hydrogen-bond acceptors (Lipinski definition) is 4. The van der Waals surface area contributed by atoms with Crippen LogP contribution in [0.5, 0.6) is 5.75 Å². The highest BCUT2D eigenvalue weighted by Crippen LogP contribution is 2.29. The molecule has 0 aliphatic heterocycles. The van der Waals surface area contributed by atoms with Crippen LogP contribution in [-0.2, 0) is 10.0 Å². The second kappa shape index (κ2) is 5.80. The van der Waals surface area contributed by atoms with E-state index in [1.54, 1.807) is 13.0 Å². The number of hydrogen-bond donors (Lipinski definition) is 0. The molecule has 0 unspecified atom stereocenters. The predicted molar refractivity (Wildman–Crippen MR) is 63.2 cm³/mol. The molecule has 0 atom stereocenters. The fourth-order valence-corrected chi connectivity index (χ4v) is 2.79. The first-order valence-electron chi connectivity index (χ1n) is 5.17. The van der Waals surface area contributed by atoms with E-state index in [1.807, 2.05) is 0 Å². The maximum absolute atomic E-state index is 12.3. The summed E-state index contributed by atoms with van der Waals surface area (Å²) < 4.78 is 42.4. The van der Waals surface area contributed by atoms with Gasteiger partial charge < -0.3 is 4.74 Å². The summed E-state index contributed by atoms with van der Waals surface area (Å²) in [6.45, 7) is 0.729. The van der Waals surface area contributed by atoms with E-state index >= 15 is 0 Å². The Morgan fingerprint density at radius 3 is 2.67 bits per heavy atom. The highest BCUT2D eigenvalue weighted by molar-refractivity contribution is 7.89. The molecule has 7 heteroatoms. The van der Waals surface area contributed by atoms with Crippen LogP contribution in [0.15, 0.2) is 23.1 Å². The molecule has 18 heavy (non-hydrogen) atoms. The highest BCUT2D eigenvalue weighted by atomic mass is 32.2. The normalized spacial score (nSPS) is 11.3. The Morgan fingerprint density at radius 2 is 2.17 bits per heavy atom. The number of rotatable bonds is 5. The molecule has 1 aromatic rings. The first-order chi connectivity index (χ1) is 8.48. The quantitative estimate of drug-likeness (QED) is 0.814. The molecule has 0 fully saturated rings. The average molecular weight is 272 g/mol. The molecule has 1 aromatic carbocycles. The van der Waals surface area contributed by atoms with Gasteiger partial charge >= 0.3 is 0 Å². The molecule has 0 bridgehead atoms. The van der Waals surface area contributed by atoms with Crippen molar-refractivity contribution in [3.63, 3.8) is 0 Å². The van der Waals surface area contributed by atoms with Gasteiger partial charge in [-0.25, -0.2) is 17.1 Å². The molecular weight excluding hydrogens is 259 g/mol. The third kappa shape index (κ3) is 2.60. The SMILES string of the molecule is CCN(C)S(=O)(=O)c1c(C#N)cccc1OCF. The van der Waals surface area contributed by atoms with Crippen molar-refractivity contribution >= 4 is 10.0 Å². The van der Waals surface area contributed by atoms with Gasteiger partial charge in [-0.15, -0.1) is 0 Å². The van der Waals surface area contributed by atoms with Gasteiger partial charge in [0.25, 0.3) is 0 Å². The summed E-state index contributed by atoms with van der Waals surface area (Å²) in [6, 6.07) is 5.88. The molecule has 0 N–H and O–H groups in total. The van der Waals surface area contributed by atoms with Crippen LogP contribution in [0.2, 0.25) is 0 Å². The third-order valence-corrected chi connectivity index (χ3v) is 4.44. The molecule has 0 aromatic heterocycles. The second-order valence-corrected chi connectivity index (χ2v) is 5.40. The Morgan fingerprint density at radius 1 is 1.50 bits per heavy atom. The zero-order valence-electron chi connectivity index (χ0n) is 10.1. The van der Waals surface area contributed by atoms with Crippen molar-refractivity contribution in [3.8, 4) is 11.8 Å². The van der Waals surface area contributed by atoms with Crippen LogP contribution in [0.25, 0.3) is 0 Å². The minimum atomic E-state index is -3.87. The first-order valence-corrected chi connectivity index (χ1v) is 6.61. The van der Waals surface area contributed by atoms with E-state index in [1.165, 1.54) is 25.2 Å². The van der Waals surface area contributed by atoms with E-state index in [0.29, 0.717) is 0 Å². The summed E-state index contributed by atoms with van der Waals surface area (Å²) in [4.78, 5) is -0.297. The van der Waals surface area contributed by atoms with Gasteiger partial charge in [0.1, 0.15) is 16.7 Å². The van der Waals surface area contributed by atoms with E-state index < -0.39 is 16.9 Å². The maximum Gasteiger partial charge on any atom is 0.247 e. The number of nitriles is 1. The van der Waals surface area contributed by atoms with Gasteiger partial charge in [0.15, 0.2) is 0 Å². The van der Waals surface area contributed by atoms with Crippen molar-refractivity contribution in [2.24, 2.45) is 0 Å². The van der Waals surface area contributed by atoms with Crippen LogP contribution in [-0.4, -0.2) is 33.2 Å². The van der Waals surface area contributed by atoms with Gasteiger partial charge in [-0.1, -0.05) is 13.0 Å². The van der Waals surface area contributed by atoms with Gasteiger partial charge in [0, 0.05) is 13.6 Å². The van der Waals surface area contributed by atoms with Crippen molar-refractivity contribution in [2.45, 2.75) is 11.8 Å². The zero-order chi connectivity index (χ0) is 13.8. The van der Waals surface area contributed by atoms with Crippen molar-refractivity contribution in [1.82, 2.24) is 4.31 Å². The minimum absolute atomic E-state index is 0.0683. The predicted octanol–water partition coefficient (Wildman–Crippen LogP) is 1.50. The number of halogens is 1. The fraction of sp³-hybridized carbons (Fsp3) is 0.364. The summed E-state index contributed by atoms with van der Waals surface area (Å²) >= 11 is 0. The number of nitrogens with zero attached hydrogens (tertiary/aromatic N) is 2. The van der Waals surface area contributed by atoms with Crippen molar-refractivity contribution in [2.75, 3.05) is 20.5 Å². The van der Waals surface area contributed by atoms with Crippen LogP contribution in [0.3, 0.4) is 0 Å². The van der Waals surface area contributed by atoms with E-state index in [0.717, 1.165) is 4.31 Å². The van der Waals surface area contributed by atoms with E-state index in [-0.39, 0.29) is 22.8 Å². The number of ether oxygens (including phenoxy) is 1. The van der Waals surface area contributed by atoms with Crippen LogP contribution in [0.1, 0.15) is 12.5 Å². The van der Waals surface area contributed by atoms with E-state index in [9.17, 15) is 12.8 Å². The summed E-state index contributed by atoms with van der Waals surface area (Å²) in [7, 11) is -2.49. The molecule has 0 saturated carbocycles. The topological polar surface area (TPSA) is 70.4 Å². The first kappa shape index (κ1) is 14.4. The lowest BCUT2D eigenvalue weighted by molar-refractivity contribution is 0.187. The van der Waals surface area contributed by atoms with Crippen LogP contribution in [0, 0.1) is 11.3 Å². The smallest absolute Gasteiger partial charge is 0.247 e. The lowest BCUT2D eigenvalue weighted by Gasteiger charge is -2.18. The van der Waals surface area contributed by atoms with Gasteiger partial charge in [-0.3, -0.25) is 0 Å². The molecule has 1 rings (SSSR count). The zero-order valence-corrected chi connectivity index (χ0v) is 10.9. The van der Waals surface area contributed by atoms with E-state index in [4.69, 9.17) is 5.26 Å². The van der Waals surface area contributed by atoms with Crippen molar-refractivity contribution < 1.29 is 17.5 Å². The maximum atomic E-state index is 12.3. The van der Waals surface area contributed by atoms with Crippen molar-refractivity contribution in [1.29, 1.82) is 5.26 Å². The summed E-state index contributed by atoms with van der Waals surface area (Å²) in [5.74, 6) is -0.156. The minimum Gasteiger partial charge on any atom is -0.461 e. The molecular formula is C11H13FN2O3S. The van der Waals surface area contributed by atoms with Crippen LogP contribution < -0.4 is 4.74 Å². The molecule has 5 nitrogen and oxygen atoms in total. The standard InChI is InChI=1S/C11H13FN2O3S/c1-3-14(2)18(15,16)11-9(7-13)5-4-6-10(11)17-8-12/h4-6H,3,8H2,1-2H3. The molecule has 98 valence electrons. The Labute approximate surface area is 105 Å². The second-order valence-electron chi connectivity index (χ2n) is 3.42. The van der Waals surface area contributed by atoms with Gasteiger partial charge in [-0.05, 0) is 12.1 Å². The molecule has 0 amide bonds. The Balaban J connectivity index is 3.51. The van der Waals surface area contributed by atoms with Crippen molar-refractivity contribution in [3.05, 3.63) is 23.8 Å². The lowest BCUT2D eigenvalue weighted by atomic mass is 10.2. The molecule has 0 aliphatic rings.